The minimum atomic E-state index is -1.07. The lowest BCUT2D eigenvalue weighted by atomic mass is 10.0. The van der Waals surface area contributed by atoms with E-state index < -0.39 is 12.0 Å². The molecule has 1 aliphatic heterocycles. The topological polar surface area (TPSA) is 73.4 Å². The van der Waals surface area contributed by atoms with E-state index in [1.54, 1.807) is 12.3 Å². The normalized spacial score (nSPS) is 17.5. The molecular weight excluding hydrogens is 344 g/mol. The highest BCUT2D eigenvalue weighted by Crippen LogP contribution is 2.34. The Bertz CT molecular complexity index is 801. The Morgan fingerprint density at radius 1 is 1.29 bits per heavy atom. The van der Waals surface area contributed by atoms with Crippen LogP contribution in [0.3, 0.4) is 0 Å². The quantitative estimate of drug-likeness (QED) is 0.635. The number of carbonyl (C=O) groups excluding carboxylic acids is 1. The van der Waals surface area contributed by atoms with E-state index in [9.17, 15) is 14.7 Å². The van der Waals surface area contributed by atoms with Crippen molar-refractivity contribution in [3.63, 3.8) is 0 Å². The molecule has 5 nitrogen and oxygen atoms in total. The second-order valence-corrected chi connectivity index (χ2v) is 6.90. The molecule has 2 aromatic rings. The molecule has 1 fully saturated rings. The zero-order chi connectivity index (χ0) is 17.1. The molecule has 0 bridgehead atoms. The maximum atomic E-state index is 12.7. The molecular formula is C17H14N2O3S2. The monoisotopic (exact) mass is 358 g/mol. The number of carboxylic acids is 1. The van der Waals surface area contributed by atoms with E-state index in [1.165, 1.54) is 4.90 Å². The predicted octanol–water partition coefficient (Wildman–Crippen LogP) is 2.91. The van der Waals surface area contributed by atoms with Gasteiger partial charge in [-0.05, 0) is 23.8 Å². The third kappa shape index (κ3) is 3.42. The maximum absolute atomic E-state index is 12.7. The Hall–Kier alpha value is -2.38. The molecule has 1 aromatic carbocycles. The molecule has 0 spiro atoms. The molecule has 0 unspecified atom stereocenters. The van der Waals surface area contributed by atoms with Crippen LogP contribution in [0.1, 0.15) is 11.3 Å². The number of aromatic nitrogens is 1. The zero-order valence-corrected chi connectivity index (χ0v) is 14.1. The first-order valence-corrected chi connectivity index (χ1v) is 8.46. The fraction of sp³-hybridized carbons (Fsp3) is 0.118. The number of nitrogens with zero attached hydrogens (tertiary/aromatic N) is 1. The molecule has 24 heavy (non-hydrogen) atoms. The third-order valence-corrected chi connectivity index (χ3v) is 4.93. The average Bonchev–Trinajstić information content (AvgIpc) is 3.16. The zero-order valence-electron chi connectivity index (χ0n) is 12.5. The summed E-state index contributed by atoms with van der Waals surface area (Å²) in [5, 5.41) is 9.59. The number of carboxylic acid groups (broad SMARTS) is 1. The molecule has 122 valence electrons. The summed E-state index contributed by atoms with van der Waals surface area (Å²) in [5.74, 6) is -1.45. The number of H-pyrrole nitrogens is 1. The van der Waals surface area contributed by atoms with Crippen molar-refractivity contribution in [2.75, 3.05) is 0 Å². The molecule has 1 aliphatic rings. The van der Waals surface area contributed by atoms with Gasteiger partial charge in [0.25, 0.3) is 5.91 Å². The highest BCUT2D eigenvalue weighted by atomic mass is 32.2. The summed E-state index contributed by atoms with van der Waals surface area (Å²) in [7, 11) is 0. The number of carbonyl (C=O) groups is 2. The van der Waals surface area contributed by atoms with Gasteiger partial charge < -0.3 is 10.1 Å². The lowest BCUT2D eigenvalue weighted by Crippen LogP contribution is -2.45. The van der Waals surface area contributed by atoms with E-state index in [-0.39, 0.29) is 16.6 Å². The van der Waals surface area contributed by atoms with Crippen molar-refractivity contribution in [3.05, 3.63) is 64.8 Å². The van der Waals surface area contributed by atoms with Crippen LogP contribution in [-0.2, 0) is 16.0 Å². The van der Waals surface area contributed by atoms with E-state index in [1.807, 2.05) is 42.5 Å². The number of aromatic amines is 1. The highest BCUT2D eigenvalue weighted by Gasteiger charge is 2.40. The van der Waals surface area contributed by atoms with E-state index in [0.29, 0.717) is 4.91 Å². The number of aliphatic carboxylic acids is 1. The Labute approximate surface area is 148 Å². The van der Waals surface area contributed by atoms with Crippen LogP contribution in [0.4, 0.5) is 0 Å². The number of thiocarbonyl (C=S) groups is 1. The fourth-order valence-electron chi connectivity index (χ4n) is 2.45. The van der Waals surface area contributed by atoms with Crippen LogP contribution in [0, 0.1) is 0 Å². The molecule has 7 heteroatoms. The third-order valence-electron chi connectivity index (χ3n) is 3.60. The summed E-state index contributed by atoms with van der Waals surface area (Å²) >= 11 is 6.38. The minimum absolute atomic E-state index is 0.207. The Morgan fingerprint density at radius 2 is 2.04 bits per heavy atom. The Balaban J connectivity index is 1.87. The second-order valence-electron chi connectivity index (χ2n) is 5.22. The lowest BCUT2D eigenvalue weighted by Gasteiger charge is -2.23. The molecule has 1 saturated heterocycles. The Morgan fingerprint density at radius 3 is 2.67 bits per heavy atom. The van der Waals surface area contributed by atoms with Crippen molar-refractivity contribution in [2.45, 2.75) is 12.5 Å². The molecule has 1 atom stereocenters. The minimum Gasteiger partial charge on any atom is -0.480 e. The van der Waals surface area contributed by atoms with Gasteiger partial charge in [0.1, 0.15) is 10.4 Å². The van der Waals surface area contributed by atoms with Crippen molar-refractivity contribution in [1.82, 2.24) is 9.88 Å². The van der Waals surface area contributed by atoms with Crippen LogP contribution < -0.4 is 0 Å². The number of benzene rings is 1. The van der Waals surface area contributed by atoms with E-state index in [0.717, 1.165) is 23.0 Å². The number of hydrogen-bond donors (Lipinski definition) is 2. The van der Waals surface area contributed by atoms with Gasteiger partial charge in [-0.1, -0.05) is 54.3 Å². The number of hydrogen-bond acceptors (Lipinski definition) is 4. The highest BCUT2D eigenvalue weighted by molar-refractivity contribution is 8.26. The van der Waals surface area contributed by atoms with Crippen LogP contribution >= 0.6 is 24.0 Å². The fourth-order valence-corrected chi connectivity index (χ4v) is 3.80. The Kier molecular flexibility index (Phi) is 4.82. The van der Waals surface area contributed by atoms with Crippen LogP contribution in [0.2, 0.25) is 0 Å². The van der Waals surface area contributed by atoms with Gasteiger partial charge in [0.15, 0.2) is 0 Å². The number of nitrogens with one attached hydrogen (secondary N) is 1. The molecule has 0 aliphatic carbocycles. The van der Waals surface area contributed by atoms with Crippen LogP contribution in [0.15, 0.2) is 53.6 Å². The van der Waals surface area contributed by atoms with E-state index in [4.69, 9.17) is 12.2 Å². The van der Waals surface area contributed by atoms with Crippen LogP contribution in [-0.4, -0.2) is 37.2 Å². The summed E-state index contributed by atoms with van der Waals surface area (Å²) in [5.41, 5.74) is 1.61. The van der Waals surface area contributed by atoms with Crippen molar-refractivity contribution in [2.24, 2.45) is 0 Å². The summed E-state index contributed by atoms with van der Waals surface area (Å²) in [6.07, 6.45) is 3.64. The van der Waals surface area contributed by atoms with Gasteiger partial charge in [0.2, 0.25) is 0 Å². The molecule has 1 amide bonds. The van der Waals surface area contributed by atoms with Gasteiger partial charge >= 0.3 is 5.97 Å². The first-order chi connectivity index (χ1) is 11.6. The smallest absolute Gasteiger partial charge is 0.327 e. The number of thioether (sulfide) groups is 1. The molecule has 2 heterocycles. The summed E-state index contributed by atoms with van der Waals surface area (Å²) in [4.78, 5) is 29.0. The lowest BCUT2D eigenvalue weighted by molar-refractivity contribution is -0.145. The SMILES string of the molecule is O=C(O)[C@@H](Cc1ccccc1)N1C(=O)/C(=C/c2ccc[nH]2)SC1=S. The molecule has 3 rings (SSSR count). The van der Waals surface area contributed by atoms with Gasteiger partial charge in [0, 0.05) is 18.3 Å². The van der Waals surface area contributed by atoms with Crippen molar-refractivity contribution in [1.29, 1.82) is 0 Å². The van der Waals surface area contributed by atoms with Crippen molar-refractivity contribution in [3.8, 4) is 0 Å². The van der Waals surface area contributed by atoms with Gasteiger partial charge in [-0.25, -0.2) is 4.79 Å². The molecule has 0 saturated carbocycles. The predicted molar refractivity (Wildman–Crippen MR) is 97.4 cm³/mol. The first kappa shape index (κ1) is 16.5. The number of amides is 1. The summed E-state index contributed by atoms with van der Waals surface area (Å²) in [6, 6.07) is 11.8. The average molecular weight is 358 g/mol. The van der Waals surface area contributed by atoms with Gasteiger partial charge in [0.05, 0.1) is 4.91 Å². The second kappa shape index (κ2) is 7.02. The van der Waals surface area contributed by atoms with Gasteiger partial charge in [-0.3, -0.25) is 9.69 Å². The van der Waals surface area contributed by atoms with Gasteiger partial charge in [-0.15, -0.1) is 0 Å². The first-order valence-electron chi connectivity index (χ1n) is 7.23. The largest absolute Gasteiger partial charge is 0.480 e. The molecule has 2 N–H and O–H groups in total. The molecule has 1 aromatic heterocycles. The summed E-state index contributed by atoms with van der Waals surface area (Å²) in [6.45, 7) is 0. The van der Waals surface area contributed by atoms with Crippen molar-refractivity contribution >= 4 is 46.3 Å². The standard InChI is InChI=1S/C17H14N2O3S2/c20-15-14(10-12-7-4-8-18-12)24-17(23)19(15)13(16(21)22)9-11-5-2-1-3-6-11/h1-8,10,13,18H,9H2,(H,21,22)/b14-10-/t13-/m1/s1. The van der Waals surface area contributed by atoms with Crippen LogP contribution in [0.25, 0.3) is 6.08 Å². The van der Waals surface area contributed by atoms with E-state index >= 15 is 0 Å². The number of rotatable bonds is 5. The van der Waals surface area contributed by atoms with E-state index in [2.05, 4.69) is 4.98 Å². The van der Waals surface area contributed by atoms with Crippen LogP contribution in [0.5, 0.6) is 0 Å². The molecule has 0 radical (unpaired) electrons. The van der Waals surface area contributed by atoms with Gasteiger partial charge in [-0.2, -0.15) is 0 Å². The van der Waals surface area contributed by atoms with Crippen molar-refractivity contribution < 1.29 is 14.7 Å². The maximum Gasteiger partial charge on any atom is 0.327 e. The summed E-state index contributed by atoms with van der Waals surface area (Å²) < 4.78 is 0.265.